The van der Waals surface area contributed by atoms with Crippen molar-refractivity contribution < 1.29 is 18.0 Å². The van der Waals surface area contributed by atoms with E-state index in [1.54, 1.807) is 0 Å². The normalized spacial score (nSPS) is 11.3. The van der Waals surface area contributed by atoms with Crippen molar-refractivity contribution in [1.29, 1.82) is 0 Å². The lowest BCUT2D eigenvalue weighted by Gasteiger charge is -2.10. The van der Waals surface area contributed by atoms with Gasteiger partial charge in [-0.15, -0.1) is 0 Å². The second-order valence-corrected chi connectivity index (χ2v) is 6.11. The van der Waals surface area contributed by atoms with Crippen LogP contribution in [0.3, 0.4) is 0 Å². The molecule has 0 fully saturated rings. The first-order chi connectivity index (χ1) is 13.1. The smallest absolute Gasteiger partial charge is 0.321 e. The SMILES string of the molecule is O=C(Nc1cccc(C(F)(F)F)c1)c1cc(=O)n(-c2ccc(Cl)cc2)c(=O)[nH]1. The van der Waals surface area contributed by atoms with Gasteiger partial charge in [0.05, 0.1) is 11.3 Å². The molecule has 0 aliphatic carbocycles. The molecule has 0 radical (unpaired) electrons. The number of hydrogen-bond acceptors (Lipinski definition) is 3. The summed E-state index contributed by atoms with van der Waals surface area (Å²) in [6.07, 6.45) is -4.58. The fraction of sp³-hybridized carbons (Fsp3) is 0.0556. The predicted octanol–water partition coefficient (Wildman–Crippen LogP) is 3.45. The first kappa shape index (κ1) is 19.4. The molecule has 2 N–H and O–H groups in total. The van der Waals surface area contributed by atoms with Crippen molar-refractivity contribution in [2.75, 3.05) is 5.32 Å². The predicted molar refractivity (Wildman–Crippen MR) is 97.1 cm³/mol. The Morgan fingerprint density at radius 1 is 1.04 bits per heavy atom. The van der Waals surface area contributed by atoms with E-state index in [1.807, 2.05) is 0 Å². The largest absolute Gasteiger partial charge is 0.416 e. The number of halogens is 4. The van der Waals surface area contributed by atoms with Crippen molar-refractivity contribution in [1.82, 2.24) is 9.55 Å². The Balaban J connectivity index is 1.91. The van der Waals surface area contributed by atoms with Gasteiger partial charge in [0.15, 0.2) is 0 Å². The highest BCUT2D eigenvalue weighted by Gasteiger charge is 2.30. The van der Waals surface area contributed by atoms with E-state index >= 15 is 0 Å². The van der Waals surface area contributed by atoms with Crippen LogP contribution >= 0.6 is 11.6 Å². The summed E-state index contributed by atoms with van der Waals surface area (Å²) in [7, 11) is 0. The van der Waals surface area contributed by atoms with Gasteiger partial charge in [0, 0.05) is 16.8 Å². The number of amides is 1. The van der Waals surface area contributed by atoms with Gasteiger partial charge in [-0.2, -0.15) is 13.2 Å². The van der Waals surface area contributed by atoms with E-state index < -0.39 is 34.6 Å². The first-order valence-electron chi connectivity index (χ1n) is 7.76. The first-order valence-corrected chi connectivity index (χ1v) is 8.14. The number of anilines is 1. The van der Waals surface area contributed by atoms with Crippen LogP contribution in [-0.4, -0.2) is 15.5 Å². The summed E-state index contributed by atoms with van der Waals surface area (Å²) in [5.41, 5.74) is -2.91. The molecule has 1 amide bonds. The minimum absolute atomic E-state index is 0.137. The molecule has 0 aliphatic heterocycles. The third-order valence-electron chi connectivity index (χ3n) is 3.71. The van der Waals surface area contributed by atoms with Gasteiger partial charge in [-0.05, 0) is 42.5 Å². The van der Waals surface area contributed by atoms with E-state index in [0.29, 0.717) is 5.02 Å². The third-order valence-corrected chi connectivity index (χ3v) is 3.96. The van der Waals surface area contributed by atoms with Crippen molar-refractivity contribution in [3.05, 3.63) is 91.7 Å². The number of nitrogens with zero attached hydrogens (tertiary/aromatic N) is 1. The fourth-order valence-electron chi connectivity index (χ4n) is 2.42. The zero-order valence-corrected chi connectivity index (χ0v) is 14.6. The molecule has 0 bridgehead atoms. The average Bonchev–Trinajstić information content (AvgIpc) is 2.62. The van der Waals surface area contributed by atoms with E-state index in [1.165, 1.54) is 30.3 Å². The van der Waals surface area contributed by atoms with Crippen LogP contribution in [0.5, 0.6) is 0 Å². The molecular weight excluding hydrogens is 399 g/mol. The molecule has 2 aromatic carbocycles. The molecule has 0 spiro atoms. The van der Waals surface area contributed by atoms with Crippen LogP contribution in [-0.2, 0) is 6.18 Å². The van der Waals surface area contributed by atoms with Crippen LogP contribution in [0.2, 0.25) is 5.02 Å². The molecule has 0 atom stereocenters. The molecule has 144 valence electrons. The van der Waals surface area contributed by atoms with Crippen LogP contribution in [0.25, 0.3) is 5.69 Å². The maximum absolute atomic E-state index is 12.8. The molecule has 3 aromatic rings. The van der Waals surface area contributed by atoms with E-state index in [9.17, 15) is 27.6 Å². The highest BCUT2D eigenvalue weighted by atomic mass is 35.5. The number of carbonyl (C=O) groups is 1. The lowest BCUT2D eigenvalue weighted by Crippen LogP contribution is -2.35. The number of hydrogen-bond donors (Lipinski definition) is 2. The standard InChI is InChI=1S/C18H11ClF3N3O3/c19-11-4-6-13(7-5-11)25-15(26)9-14(24-17(25)28)16(27)23-12-3-1-2-10(8-12)18(20,21)22/h1-9H,(H,23,27)(H,24,28). The quantitative estimate of drug-likeness (QED) is 0.695. The maximum Gasteiger partial charge on any atom is 0.416 e. The van der Waals surface area contributed by atoms with Gasteiger partial charge in [0.25, 0.3) is 11.5 Å². The summed E-state index contributed by atoms with van der Waals surface area (Å²) in [4.78, 5) is 39.0. The molecule has 6 nitrogen and oxygen atoms in total. The molecule has 28 heavy (non-hydrogen) atoms. The molecule has 3 rings (SSSR count). The van der Waals surface area contributed by atoms with Crippen LogP contribution < -0.4 is 16.6 Å². The summed E-state index contributed by atoms with van der Waals surface area (Å²) in [5, 5.41) is 2.62. The van der Waals surface area contributed by atoms with Gasteiger partial charge in [-0.1, -0.05) is 17.7 Å². The minimum Gasteiger partial charge on any atom is -0.321 e. The van der Waals surface area contributed by atoms with Crippen molar-refractivity contribution in [3.8, 4) is 5.69 Å². The zero-order valence-electron chi connectivity index (χ0n) is 13.9. The van der Waals surface area contributed by atoms with Crippen molar-refractivity contribution in [2.24, 2.45) is 0 Å². The number of benzene rings is 2. The number of aromatic amines is 1. The van der Waals surface area contributed by atoms with Crippen molar-refractivity contribution in [3.63, 3.8) is 0 Å². The Bertz CT molecular complexity index is 1120. The summed E-state index contributed by atoms with van der Waals surface area (Å²) in [5.74, 6) is -0.934. The highest BCUT2D eigenvalue weighted by molar-refractivity contribution is 6.30. The van der Waals surface area contributed by atoms with E-state index in [0.717, 1.165) is 28.8 Å². The molecular formula is C18H11ClF3N3O3. The molecule has 1 heterocycles. The lowest BCUT2D eigenvalue weighted by molar-refractivity contribution is -0.137. The monoisotopic (exact) mass is 409 g/mol. The molecule has 0 saturated heterocycles. The molecule has 0 aliphatic rings. The number of rotatable bonds is 3. The number of carbonyl (C=O) groups excluding carboxylic acids is 1. The molecule has 1 aromatic heterocycles. The summed E-state index contributed by atoms with van der Waals surface area (Å²) in [6, 6.07) is 10.7. The minimum atomic E-state index is -4.58. The Hall–Kier alpha value is -3.33. The fourth-order valence-corrected chi connectivity index (χ4v) is 2.55. The highest BCUT2D eigenvalue weighted by Crippen LogP contribution is 2.30. The molecule has 0 saturated carbocycles. The van der Waals surface area contributed by atoms with Gasteiger partial charge >= 0.3 is 11.9 Å². The summed E-state index contributed by atoms with van der Waals surface area (Å²) >= 11 is 5.77. The molecule has 0 unspecified atom stereocenters. The topological polar surface area (TPSA) is 84.0 Å². The van der Waals surface area contributed by atoms with Crippen molar-refractivity contribution >= 4 is 23.2 Å². The van der Waals surface area contributed by atoms with Gasteiger partial charge in [-0.25, -0.2) is 9.36 Å². The van der Waals surface area contributed by atoms with E-state index in [2.05, 4.69) is 10.3 Å². The third kappa shape index (κ3) is 4.15. The van der Waals surface area contributed by atoms with E-state index in [-0.39, 0.29) is 11.4 Å². The van der Waals surface area contributed by atoms with Crippen LogP contribution in [0.15, 0.2) is 64.2 Å². The molecule has 10 heteroatoms. The Kier molecular flexibility index (Phi) is 5.10. The lowest BCUT2D eigenvalue weighted by atomic mass is 10.2. The zero-order chi connectivity index (χ0) is 20.5. The van der Waals surface area contributed by atoms with Gasteiger partial charge in [0.2, 0.25) is 0 Å². The number of alkyl halides is 3. The van der Waals surface area contributed by atoms with E-state index in [4.69, 9.17) is 11.6 Å². The van der Waals surface area contributed by atoms with Crippen molar-refractivity contribution in [2.45, 2.75) is 6.18 Å². The van der Waals surface area contributed by atoms with Crippen LogP contribution in [0.4, 0.5) is 18.9 Å². The van der Waals surface area contributed by atoms with Crippen LogP contribution in [0.1, 0.15) is 16.1 Å². The average molecular weight is 410 g/mol. The number of aromatic nitrogens is 2. The second-order valence-electron chi connectivity index (χ2n) is 5.67. The second kappa shape index (κ2) is 7.35. The van der Waals surface area contributed by atoms with Gasteiger partial charge in [0.1, 0.15) is 5.69 Å². The summed E-state index contributed by atoms with van der Waals surface area (Å²) < 4.78 is 39.0. The number of H-pyrrole nitrogens is 1. The maximum atomic E-state index is 12.8. The Morgan fingerprint density at radius 3 is 2.32 bits per heavy atom. The van der Waals surface area contributed by atoms with Crippen LogP contribution in [0, 0.1) is 0 Å². The van der Waals surface area contributed by atoms with Gasteiger partial charge in [-0.3, -0.25) is 9.59 Å². The number of nitrogens with one attached hydrogen (secondary N) is 2. The Labute approximate surface area is 160 Å². The summed E-state index contributed by atoms with van der Waals surface area (Å²) in [6.45, 7) is 0. The Morgan fingerprint density at radius 2 is 1.71 bits per heavy atom. The van der Waals surface area contributed by atoms with Gasteiger partial charge < -0.3 is 10.3 Å².